The molecule has 0 aromatic heterocycles. The molecule has 0 N–H and O–H groups in total. The number of hydrogen-bond acceptors (Lipinski definition) is 3. The minimum Gasteiger partial charge on any atom is -0.492 e. The standard InChI is InChI=1S/C13H16O3/c1-4-5-8-16-12-7-6-10(2)9-11(12)13(14)15-3/h4,6-7,9H,1,5,8H2,2-3H3. The number of aryl methyl sites for hydroxylation is 1. The third-order valence-corrected chi connectivity index (χ3v) is 2.12. The molecule has 1 aromatic carbocycles. The van der Waals surface area contributed by atoms with Gasteiger partial charge >= 0.3 is 5.97 Å². The van der Waals surface area contributed by atoms with Gasteiger partial charge in [0.1, 0.15) is 11.3 Å². The molecule has 1 aromatic rings. The maximum Gasteiger partial charge on any atom is 0.341 e. The SMILES string of the molecule is C=CCCOc1ccc(C)cc1C(=O)OC. The molecule has 0 saturated heterocycles. The van der Waals surface area contributed by atoms with E-state index in [1.165, 1.54) is 7.11 Å². The molecule has 0 aliphatic rings. The average Bonchev–Trinajstić information content (AvgIpc) is 2.30. The Morgan fingerprint density at radius 2 is 2.25 bits per heavy atom. The lowest BCUT2D eigenvalue weighted by atomic mass is 10.1. The summed E-state index contributed by atoms with van der Waals surface area (Å²) < 4.78 is 10.2. The van der Waals surface area contributed by atoms with Crippen LogP contribution in [0.3, 0.4) is 0 Å². The van der Waals surface area contributed by atoms with Crippen molar-refractivity contribution in [1.82, 2.24) is 0 Å². The van der Waals surface area contributed by atoms with Gasteiger partial charge in [0.05, 0.1) is 13.7 Å². The highest BCUT2D eigenvalue weighted by Crippen LogP contribution is 2.21. The summed E-state index contributed by atoms with van der Waals surface area (Å²) in [6, 6.07) is 5.44. The van der Waals surface area contributed by atoms with Crippen molar-refractivity contribution in [2.45, 2.75) is 13.3 Å². The Morgan fingerprint density at radius 1 is 1.50 bits per heavy atom. The van der Waals surface area contributed by atoms with E-state index >= 15 is 0 Å². The predicted octanol–water partition coefficient (Wildman–Crippen LogP) is 2.74. The molecule has 16 heavy (non-hydrogen) atoms. The zero-order valence-corrected chi connectivity index (χ0v) is 9.66. The Morgan fingerprint density at radius 3 is 2.88 bits per heavy atom. The molecule has 0 saturated carbocycles. The molecule has 0 bridgehead atoms. The molecule has 0 spiro atoms. The van der Waals surface area contributed by atoms with Gasteiger partial charge in [-0.05, 0) is 25.5 Å². The lowest BCUT2D eigenvalue weighted by molar-refractivity contribution is 0.0596. The molecule has 3 heteroatoms. The van der Waals surface area contributed by atoms with Crippen LogP contribution in [0, 0.1) is 6.92 Å². The first-order valence-corrected chi connectivity index (χ1v) is 5.11. The second-order valence-electron chi connectivity index (χ2n) is 3.42. The fraction of sp³-hybridized carbons (Fsp3) is 0.308. The largest absolute Gasteiger partial charge is 0.492 e. The van der Waals surface area contributed by atoms with Crippen LogP contribution in [0.5, 0.6) is 5.75 Å². The zero-order valence-electron chi connectivity index (χ0n) is 9.66. The first-order chi connectivity index (χ1) is 7.69. The average molecular weight is 220 g/mol. The number of hydrogen-bond donors (Lipinski definition) is 0. The lowest BCUT2D eigenvalue weighted by Crippen LogP contribution is -2.06. The summed E-state index contributed by atoms with van der Waals surface area (Å²) in [5.41, 5.74) is 1.46. The third kappa shape index (κ3) is 3.12. The van der Waals surface area contributed by atoms with E-state index in [1.54, 1.807) is 18.2 Å². The van der Waals surface area contributed by atoms with Crippen molar-refractivity contribution in [2.75, 3.05) is 13.7 Å². The minimum absolute atomic E-state index is 0.377. The van der Waals surface area contributed by atoms with E-state index in [4.69, 9.17) is 9.47 Å². The van der Waals surface area contributed by atoms with Crippen LogP contribution in [0.2, 0.25) is 0 Å². The van der Waals surface area contributed by atoms with Gasteiger partial charge in [-0.3, -0.25) is 0 Å². The fourth-order valence-electron chi connectivity index (χ4n) is 1.29. The summed E-state index contributed by atoms with van der Waals surface area (Å²) in [5.74, 6) is 0.177. The van der Waals surface area contributed by atoms with Crippen molar-refractivity contribution in [3.05, 3.63) is 42.0 Å². The van der Waals surface area contributed by atoms with Crippen molar-refractivity contribution in [2.24, 2.45) is 0 Å². The molecule has 0 aliphatic heterocycles. The van der Waals surface area contributed by atoms with E-state index in [1.807, 2.05) is 13.0 Å². The number of carbonyl (C=O) groups excluding carboxylic acids is 1. The maximum atomic E-state index is 11.5. The summed E-state index contributed by atoms with van der Waals surface area (Å²) >= 11 is 0. The Hall–Kier alpha value is -1.77. The van der Waals surface area contributed by atoms with Crippen LogP contribution in [0.1, 0.15) is 22.3 Å². The molecule has 0 radical (unpaired) electrons. The van der Waals surface area contributed by atoms with Crippen LogP contribution in [0.15, 0.2) is 30.9 Å². The van der Waals surface area contributed by atoms with E-state index in [0.29, 0.717) is 17.9 Å². The number of ether oxygens (including phenoxy) is 2. The summed E-state index contributed by atoms with van der Waals surface area (Å²) in [4.78, 5) is 11.5. The van der Waals surface area contributed by atoms with Gasteiger partial charge in [0.2, 0.25) is 0 Å². The Kier molecular flexibility index (Phi) is 4.58. The number of esters is 1. The van der Waals surface area contributed by atoms with Crippen LogP contribution in [-0.2, 0) is 4.74 Å². The van der Waals surface area contributed by atoms with Crippen molar-refractivity contribution in [1.29, 1.82) is 0 Å². The van der Waals surface area contributed by atoms with Crippen LogP contribution >= 0.6 is 0 Å². The highest BCUT2D eigenvalue weighted by atomic mass is 16.5. The molecular formula is C13H16O3. The van der Waals surface area contributed by atoms with Crippen LogP contribution < -0.4 is 4.74 Å². The predicted molar refractivity (Wildman–Crippen MR) is 62.8 cm³/mol. The fourth-order valence-corrected chi connectivity index (χ4v) is 1.29. The topological polar surface area (TPSA) is 35.5 Å². The van der Waals surface area contributed by atoms with Gasteiger partial charge in [-0.2, -0.15) is 0 Å². The van der Waals surface area contributed by atoms with Crippen molar-refractivity contribution < 1.29 is 14.3 Å². The Labute approximate surface area is 95.7 Å². The van der Waals surface area contributed by atoms with Crippen LogP contribution in [0.25, 0.3) is 0 Å². The third-order valence-electron chi connectivity index (χ3n) is 2.12. The van der Waals surface area contributed by atoms with Gasteiger partial charge in [0, 0.05) is 0 Å². The van der Waals surface area contributed by atoms with E-state index in [-0.39, 0.29) is 5.97 Å². The summed E-state index contributed by atoms with van der Waals surface area (Å²) in [6.07, 6.45) is 2.51. The molecule has 0 atom stereocenters. The van der Waals surface area contributed by atoms with Crippen molar-refractivity contribution >= 4 is 5.97 Å². The first-order valence-electron chi connectivity index (χ1n) is 5.11. The molecule has 3 nitrogen and oxygen atoms in total. The van der Waals surface area contributed by atoms with E-state index < -0.39 is 0 Å². The molecular weight excluding hydrogens is 204 g/mol. The van der Waals surface area contributed by atoms with Crippen molar-refractivity contribution in [3.63, 3.8) is 0 Å². The smallest absolute Gasteiger partial charge is 0.341 e. The Bertz CT molecular complexity index is 383. The number of methoxy groups -OCH3 is 1. The van der Waals surface area contributed by atoms with Crippen LogP contribution in [-0.4, -0.2) is 19.7 Å². The van der Waals surface area contributed by atoms with E-state index in [0.717, 1.165) is 12.0 Å². The van der Waals surface area contributed by atoms with Gasteiger partial charge in [0.25, 0.3) is 0 Å². The highest BCUT2D eigenvalue weighted by Gasteiger charge is 2.12. The van der Waals surface area contributed by atoms with E-state index in [9.17, 15) is 4.79 Å². The molecule has 1 rings (SSSR count). The quantitative estimate of drug-likeness (QED) is 0.435. The zero-order chi connectivity index (χ0) is 12.0. The first kappa shape index (κ1) is 12.3. The number of rotatable bonds is 5. The normalized spacial score (nSPS) is 9.62. The second kappa shape index (κ2) is 5.95. The molecule has 0 heterocycles. The monoisotopic (exact) mass is 220 g/mol. The highest BCUT2D eigenvalue weighted by molar-refractivity contribution is 5.92. The van der Waals surface area contributed by atoms with E-state index in [2.05, 4.69) is 6.58 Å². The summed E-state index contributed by atoms with van der Waals surface area (Å²) in [5, 5.41) is 0. The molecule has 0 amide bonds. The van der Waals surface area contributed by atoms with Gasteiger partial charge < -0.3 is 9.47 Å². The molecule has 0 aliphatic carbocycles. The van der Waals surface area contributed by atoms with Crippen LogP contribution in [0.4, 0.5) is 0 Å². The molecule has 0 fully saturated rings. The molecule has 0 unspecified atom stereocenters. The van der Waals surface area contributed by atoms with Gasteiger partial charge in [-0.25, -0.2) is 4.79 Å². The Balaban J connectivity index is 2.89. The van der Waals surface area contributed by atoms with Gasteiger partial charge in [-0.1, -0.05) is 17.7 Å². The summed E-state index contributed by atoms with van der Waals surface area (Å²) in [7, 11) is 1.36. The van der Waals surface area contributed by atoms with Gasteiger partial charge in [0.15, 0.2) is 0 Å². The number of carbonyl (C=O) groups is 1. The van der Waals surface area contributed by atoms with Gasteiger partial charge in [-0.15, -0.1) is 6.58 Å². The number of benzene rings is 1. The van der Waals surface area contributed by atoms with Crippen molar-refractivity contribution in [3.8, 4) is 5.75 Å². The molecule has 86 valence electrons. The second-order valence-corrected chi connectivity index (χ2v) is 3.42. The summed E-state index contributed by atoms with van der Waals surface area (Å²) in [6.45, 7) is 6.04. The minimum atomic E-state index is -0.377. The maximum absolute atomic E-state index is 11.5. The lowest BCUT2D eigenvalue weighted by Gasteiger charge is -2.10.